The first-order chi connectivity index (χ1) is 9.76. The second-order valence-corrected chi connectivity index (χ2v) is 4.34. The second-order valence-electron chi connectivity index (χ2n) is 4.34. The highest BCUT2D eigenvalue weighted by Gasteiger charge is 2.07. The van der Waals surface area contributed by atoms with E-state index in [4.69, 9.17) is 10.5 Å². The van der Waals surface area contributed by atoms with Crippen molar-refractivity contribution in [3.05, 3.63) is 53.9 Å². The zero-order valence-corrected chi connectivity index (χ0v) is 11.5. The molecule has 1 aromatic heterocycles. The number of aromatic hydroxyl groups is 1. The van der Waals surface area contributed by atoms with Crippen LogP contribution in [0.3, 0.4) is 0 Å². The maximum absolute atomic E-state index is 10.0. The summed E-state index contributed by atoms with van der Waals surface area (Å²) >= 11 is 0. The zero-order chi connectivity index (χ0) is 14.4. The van der Waals surface area contributed by atoms with Gasteiger partial charge in [0.1, 0.15) is 0 Å². The molecule has 2 aromatic rings. The fourth-order valence-electron chi connectivity index (χ4n) is 2.00. The van der Waals surface area contributed by atoms with Crippen molar-refractivity contribution >= 4 is 12.2 Å². The summed E-state index contributed by atoms with van der Waals surface area (Å²) in [6.07, 6.45) is 5.79. The number of benzene rings is 1. The maximum Gasteiger partial charge on any atom is 0.205 e. The molecule has 0 saturated heterocycles. The Morgan fingerprint density at radius 1 is 1.20 bits per heavy atom. The van der Waals surface area contributed by atoms with E-state index in [1.807, 2.05) is 48.7 Å². The lowest BCUT2D eigenvalue weighted by atomic mass is 10.1. The van der Waals surface area contributed by atoms with Crippen LogP contribution in [0.15, 0.2) is 42.6 Å². The van der Waals surface area contributed by atoms with Gasteiger partial charge in [-0.05, 0) is 18.2 Å². The largest absolute Gasteiger partial charge is 0.504 e. The van der Waals surface area contributed by atoms with Gasteiger partial charge in [0.25, 0.3) is 0 Å². The summed E-state index contributed by atoms with van der Waals surface area (Å²) in [6.45, 7) is 1.34. The third-order valence-electron chi connectivity index (χ3n) is 3.03. The minimum absolute atomic E-state index is 0.146. The number of rotatable bonds is 5. The fourth-order valence-corrected chi connectivity index (χ4v) is 2.00. The van der Waals surface area contributed by atoms with E-state index in [1.165, 1.54) is 7.11 Å². The van der Waals surface area contributed by atoms with Crippen molar-refractivity contribution < 1.29 is 14.4 Å². The third kappa shape index (κ3) is 3.16. The van der Waals surface area contributed by atoms with Gasteiger partial charge in [-0.25, -0.2) is 0 Å². The number of pyridine rings is 1. The highest BCUT2D eigenvalue weighted by molar-refractivity contribution is 5.72. The molecule has 1 heterocycles. The van der Waals surface area contributed by atoms with Gasteiger partial charge in [-0.1, -0.05) is 12.1 Å². The van der Waals surface area contributed by atoms with Crippen LogP contribution in [-0.4, -0.2) is 18.8 Å². The summed E-state index contributed by atoms with van der Waals surface area (Å²) in [4.78, 5) is 0. The van der Waals surface area contributed by atoms with Crippen LogP contribution in [0.25, 0.3) is 12.2 Å². The quantitative estimate of drug-likeness (QED) is 0.815. The van der Waals surface area contributed by atoms with Crippen LogP contribution < -0.4 is 15.0 Å². The van der Waals surface area contributed by atoms with E-state index in [0.717, 1.165) is 12.2 Å². The molecule has 0 aliphatic carbocycles. The molecule has 0 radical (unpaired) electrons. The molecule has 2 rings (SSSR count). The smallest absolute Gasteiger partial charge is 0.205 e. The van der Waals surface area contributed by atoms with E-state index in [1.54, 1.807) is 6.07 Å². The number of methoxy groups -OCH3 is 1. The van der Waals surface area contributed by atoms with Crippen molar-refractivity contribution in [2.75, 3.05) is 13.7 Å². The summed E-state index contributed by atoms with van der Waals surface area (Å²) in [5.41, 5.74) is 7.34. The lowest BCUT2D eigenvalue weighted by Crippen LogP contribution is -2.39. The Labute approximate surface area is 118 Å². The summed E-state index contributed by atoms with van der Waals surface area (Å²) in [5.74, 6) is 0.614. The lowest BCUT2D eigenvalue weighted by molar-refractivity contribution is -0.696. The molecule has 4 heteroatoms. The van der Waals surface area contributed by atoms with Crippen molar-refractivity contribution in [1.82, 2.24) is 0 Å². The molecule has 20 heavy (non-hydrogen) atoms. The van der Waals surface area contributed by atoms with Gasteiger partial charge in [0, 0.05) is 23.8 Å². The Hall–Kier alpha value is -2.33. The van der Waals surface area contributed by atoms with E-state index < -0.39 is 0 Å². The van der Waals surface area contributed by atoms with E-state index in [0.29, 0.717) is 17.9 Å². The van der Waals surface area contributed by atoms with E-state index in [2.05, 4.69) is 4.57 Å². The molecular weight excluding hydrogens is 252 g/mol. The Balaban J connectivity index is 2.30. The van der Waals surface area contributed by atoms with Crippen molar-refractivity contribution in [3.8, 4) is 11.5 Å². The Morgan fingerprint density at radius 2 is 2.05 bits per heavy atom. The summed E-state index contributed by atoms with van der Waals surface area (Å²) < 4.78 is 7.16. The first-order valence-corrected chi connectivity index (χ1v) is 6.49. The molecule has 0 unspecified atom stereocenters. The Bertz CT molecular complexity index is 609. The molecule has 1 aromatic carbocycles. The van der Waals surface area contributed by atoms with Crippen LogP contribution in [0.5, 0.6) is 11.5 Å². The molecule has 0 aliphatic rings. The Kier molecular flexibility index (Phi) is 4.74. The van der Waals surface area contributed by atoms with Gasteiger partial charge >= 0.3 is 0 Å². The van der Waals surface area contributed by atoms with E-state index in [-0.39, 0.29) is 5.75 Å². The van der Waals surface area contributed by atoms with Crippen molar-refractivity contribution in [2.45, 2.75) is 6.54 Å². The van der Waals surface area contributed by atoms with E-state index >= 15 is 0 Å². The third-order valence-corrected chi connectivity index (χ3v) is 3.03. The Morgan fingerprint density at radius 3 is 2.80 bits per heavy atom. The molecule has 4 nitrogen and oxygen atoms in total. The normalized spacial score (nSPS) is 10.9. The van der Waals surface area contributed by atoms with Crippen LogP contribution >= 0.6 is 0 Å². The number of ether oxygens (including phenoxy) is 1. The molecule has 0 atom stereocenters. The predicted molar refractivity (Wildman–Crippen MR) is 79.3 cm³/mol. The number of para-hydroxylation sites is 1. The van der Waals surface area contributed by atoms with Crippen molar-refractivity contribution in [2.24, 2.45) is 5.73 Å². The first-order valence-electron chi connectivity index (χ1n) is 6.49. The van der Waals surface area contributed by atoms with Crippen LogP contribution in [-0.2, 0) is 6.54 Å². The average molecular weight is 271 g/mol. The van der Waals surface area contributed by atoms with Gasteiger partial charge in [-0.3, -0.25) is 0 Å². The van der Waals surface area contributed by atoms with Crippen molar-refractivity contribution in [3.63, 3.8) is 0 Å². The van der Waals surface area contributed by atoms with Gasteiger partial charge in [-0.2, -0.15) is 4.57 Å². The predicted octanol–water partition coefficient (Wildman–Crippen LogP) is 1.82. The number of hydrogen-bond donors (Lipinski definition) is 2. The monoisotopic (exact) mass is 271 g/mol. The lowest BCUT2D eigenvalue weighted by Gasteiger charge is -2.05. The molecule has 0 spiro atoms. The van der Waals surface area contributed by atoms with Gasteiger partial charge in [0.2, 0.25) is 5.69 Å². The number of nitrogens with zero attached hydrogens (tertiary/aromatic N) is 1. The minimum Gasteiger partial charge on any atom is -0.504 e. The number of hydrogen-bond acceptors (Lipinski definition) is 3. The molecule has 0 fully saturated rings. The van der Waals surface area contributed by atoms with Crippen molar-refractivity contribution in [1.29, 1.82) is 0 Å². The number of nitrogens with two attached hydrogens (primary N) is 1. The molecule has 104 valence electrons. The number of phenolic OH excluding ortho intramolecular Hbond substituents is 1. The molecule has 0 saturated carbocycles. The van der Waals surface area contributed by atoms with Crippen LogP contribution in [0.2, 0.25) is 0 Å². The highest BCUT2D eigenvalue weighted by atomic mass is 16.5. The fraction of sp³-hybridized carbons (Fsp3) is 0.188. The minimum atomic E-state index is 0.146. The summed E-state index contributed by atoms with van der Waals surface area (Å²) in [7, 11) is 1.54. The van der Waals surface area contributed by atoms with E-state index in [9.17, 15) is 5.11 Å². The molecule has 3 N–H and O–H groups in total. The van der Waals surface area contributed by atoms with Gasteiger partial charge in [0.15, 0.2) is 24.2 Å². The molecule has 0 bridgehead atoms. The van der Waals surface area contributed by atoms with Gasteiger partial charge in [-0.15, -0.1) is 0 Å². The highest BCUT2D eigenvalue weighted by Crippen LogP contribution is 2.30. The standard InChI is InChI=1S/C16H18N2O2/c1-20-15-7-4-5-13(16(15)19)8-9-14-6-2-3-11-18(14)12-10-17/h2-9,11H,10,12,17H2,1H3/p+1. The van der Waals surface area contributed by atoms with Crippen LogP contribution in [0.1, 0.15) is 11.3 Å². The van der Waals surface area contributed by atoms with Crippen LogP contribution in [0.4, 0.5) is 0 Å². The number of phenols is 1. The first kappa shape index (κ1) is 14.1. The topological polar surface area (TPSA) is 59.4 Å². The summed E-state index contributed by atoms with van der Waals surface area (Å²) in [6, 6.07) is 11.4. The average Bonchev–Trinajstić information content (AvgIpc) is 2.48. The maximum atomic E-state index is 10.0. The van der Waals surface area contributed by atoms with Gasteiger partial charge < -0.3 is 15.6 Å². The molecule has 0 aliphatic heterocycles. The second kappa shape index (κ2) is 6.73. The zero-order valence-electron chi connectivity index (χ0n) is 11.5. The summed E-state index contributed by atoms with van der Waals surface area (Å²) in [5, 5.41) is 10.0. The van der Waals surface area contributed by atoms with Crippen LogP contribution in [0, 0.1) is 0 Å². The van der Waals surface area contributed by atoms with Gasteiger partial charge in [0.05, 0.1) is 13.7 Å². The number of aromatic nitrogens is 1. The molecular formula is C16H19N2O2+. The SMILES string of the molecule is COc1cccc(/C=C/c2cccc[n+]2CCN)c1O. The molecule has 0 amide bonds.